The van der Waals surface area contributed by atoms with Crippen LogP contribution in [0.5, 0.6) is 5.75 Å². The Labute approximate surface area is 117 Å². The molecule has 19 heavy (non-hydrogen) atoms. The SMILES string of the molecule is CCCCOCCNCc1ccc(OC(C)C)cc1. The molecule has 1 N–H and O–H groups in total. The average Bonchev–Trinajstić information content (AvgIpc) is 2.39. The average molecular weight is 265 g/mol. The van der Waals surface area contributed by atoms with E-state index in [0.29, 0.717) is 0 Å². The normalized spacial score (nSPS) is 10.9. The first-order valence-corrected chi connectivity index (χ1v) is 7.26. The van der Waals surface area contributed by atoms with Gasteiger partial charge in [-0.15, -0.1) is 0 Å². The third-order valence-electron chi connectivity index (χ3n) is 2.69. The Morgan fingerprint density at radius 1 is 1.11 bits per heavy atom. The summed E-state index contributed by atoms with van der Waals surface area (Å²) in [7, 11) is 0. The van der Waals surface area contributed by atoms with Crippen LogP contribution in [0.15, 0.2) is 24.3 Å². The van der Waals surface area contributed by atoms with Crippen molar-refractivity contribution in [3.8, 4) is 5.75 Å². The van der Waals surface area contributed by atoms with Crippen LogP contribution in [0.4, 0.5) is 0 Å². The smallest absolute Gasteiger partial charge is 0.119 e. The van der Waals surface area contributed by atoms with Gasteiger partial charge >= 0.3 is 0 Å². The minimum absolute atomic E-state index is 0.226. The third-order valence-corrected chi connectivity index (χ3v) is 2.69. The molecule has 0 atom stereocenters. The fourth-order valence-electron chi connectivity index (χ4n) is 1.68. The molecule has 0 fully saturated rings. The largest absolute Gasteiger partial charge is 0.491 e. The van der Waals surface area contributed by atoms with Crippen molar-refractivity contribution in [3.63, 3.8) is 0 Å². The van der Waals surface area contributed by atoms with E-state index in [9.17, 15) is 0 Å². The number of benzene rings is 1. The van der Waals surface area contributed by atoms with Crippen LogP contribution in [0.1, 0.15) is 39.2 Å². The van der Waals surface area contributed by atoms with Gasteiger partial charge in [-0.3, -0.25) is 0 Å². The van der Waals surface area contributed by atoms with Crippen molar-refractivity contribution in [2.45, 2.75) is 46.3 Å². The van der Waals surface area contributed by atoms with Crippen LogP contribution >= 0.6 is 0 Å². The minimum atomic E-state index is 0.226. The Kier molecular flexibility index (Phi) is 8.26. The summed E-state index contributed by atoms with van der Waals surface area (Å²) in [5.41, 5.74) is 1.27. The Morgan fingerprint density at radius 3 is 2.47 bits per heavy atom. The summed E-state index contributed by atoms with van der Waals surface area (Å²) < 4.78 is 11.1. The zero-order valence-electron chi connectivity index (χ0n) is 12.4. The molecular weight excluding hydrogens is 238 g/mol. The maximum atomic E-state index is 5.61. The lowest BCUT2D eigenvalue weighted by atomic mass is 10.2. The predicted molar refractivity (Wildman–Crippen MR) is 79.6 cm³/mol. The summed E-state index contributed by atoms with van der Waals surface area (Å²) in [5.74, 6) is 0.932. The van der Waals surface area contributed by atoms with Crippen LogP contribution in [0, 0.1) is 0 Å². The van der Waals surface area contributed by atoms with Gasteiger partial charge < -0.3 is 14.8 Å². The standard InChI is InChI=1S/C16H27NO2/c1-4-5-11-18-12-10-17-13-15-6-8-16(9-7-15)19-14(2)3/h6-9,14,17H,4-5,10-13H2,1-3H3. The number of rotatable bonds is 10. The summed E-state index contributed by atoms with van der Waals surface area (Å²) in [5, 5.41) is 3.37. The maximum Gasteiger partial charge on any atom is 0.119 e. The highest BCUT2D eigenvalue weighted by atomic mass is 16.5. The van der Waals surface area contributed by atoms with Gasteiger partial charge in [-0.05, 0) is 38.0 Å². The van der Waals surface area contributed by atoms with Crippen LogP contribution < -0.4 is 10.1 Å². The Balaban J connectivity index is 2.12. The van der Waals surface area contributed by atoms with E-state index in [0.717, 1.165) is 38.5 Å². The van der Waals surface area contributed by atoms with Crippen molar-refractivity contribution in [2.24, 2.45) is 0 Å². The van der Waals surface area contributed by atoms with Crippen molar-refractivity contribution in [2.75, 3.05) is 19.8 Å². The number of ether oxygens (including phenoxy) is 2. The molecule has 0 saturated carbocycles. The van der Waals surface area contributed by atoms with Crippen LogP contribution in [0.25, 0.3) is 0 Å². The zero-order chi connectivity index (χ0) is 13.9. The second-order valence-corrected chi connectivity index (χ2v) is 4.95. The van der Waals surface area contributed by atoms with E-state index < -0.39 is 0 Å². The summed E-state index contributed by atoms with van der Waals surface area (Å²) in [6.07, 6.45) is 2.57. The second kappa shape index (κ2) is 9.82. The van der Waals surface area contributed by atoms with E-state index in [1.165, 1.54) is 12.0 Å². The molecule has 0 aliphatic heterocycles. The Hall–Kier alpha value is -1.06. The van der Waals surface area contributed by atoms with Gasteiger partial charge in [0.15, 0.2) is 0 Å². The van der Waals surface area contributed by atoms with Crippen LogP contribution in [0.2, 0.25) is 0 Å². The highest BCUT2D eigenvalue weighted by Gasteiger charge is 1.98. The second-order valence-electron chi connectivity index (χ2n) is 4.95. The molecule has 0 aromatic heterocycles. The molecule has 0 unspecified atom stereocenters. The monoisotopic (exact) mass is 265 g/mol. The molecule has 0 aliphatic rings. The van der Waals surface area contributed by atoms with E-state index in [1.54, 1.807) is 0 Å². The van der Waals surface area contributed by atoms with Gasteiger partial charge in [-0.25, -0.2) is 0 Å². The van der Waals surface area contributed by atoms with Gasteiger partial charge in [-0.1, -0.05) is 25.5 Å². The minimum Gasteiger partial charge on any atom is -0.491 e. The summed E-state index contributed by atoms with van der Waals surface area (Å²) >= 11 is 0. The number of hydrogen-bond donors (Lipinski definition) is 1. The maximum absolute atomic E-state index is 5.61. The van der Waals surface area contributed by atoms with E-state index >= 15 is 0 Å². The molecule has 1 aromatic carbocycles. The van der Waals surface area contributed by atoms with E-state index in [1.807, 2.05) is 26.0 Å². The van der Waals surface area contributed by atoms with Crippen LogP contribution in [0.3, 0.4) is 0 Å². The topological polar surface area (TPSA) is 30.5 Å². The number of nitrogens with one attached hydrogen (secondary N) is 1. The molecule has 3 nitrogen and oxygen atoms in total. The first-order valence-electron chi connectivity index (χ1n) is 7.26. The molecule has 0 saturated heterocycles. The van der Waals surface area contributed by atoms with Gasteiger partial charge in [-0.2, -0.15) is 0 Å². The van der Waals surface area contributed by atoms with Crippen molar-refractivity contribution < 1.29 is 9.47 Å². The summed E-state index contributed by atoms with van der Waals surface area (Å²) in [4.78, 5) is 0. The fraction of sp³-hybridized carbons (Fsp3) is 0.625. The van der Waals surface area contributed by atoms with Gasteiger partial charge in [0.05, 0.1) is 12.7 Å². The van der Waals surface area contributed by atoms with Gasteiger partial charge in [0.25, 0.3) is 0 Å². The molecule has 3 heteroatoms. The van der Waals surface area contributed by atoms with Crippen molar-refractivity contribution >= 4 is 0 Å². The molecule has 0 aliphatic carbocycles. The predicted octanol–water partition coefficient (Wildman–Crippen LogP) is 3.38. The van der Waals surface area contributed by atoms with E-state index in [2.05, 4.69) is 24.4 Å². The zero-order valence-corrected chi connectivity index (χ0v) is 12.4. The highest BCUT2D eigenvalue weighted by molar-refractivity contribution is 5.27. The summed E-state index contributed by atoms with van der Waals surface area (Å²) in [6, 6.07) is 8.24. The molecule has 0 spiro atoms. The molecule has 0 bridgehead atoms. The molecule has 1 rings (SSSR count). The van der Waals surface area contributed by atoms with Crippen molar-refractivity contribution in [1.29, 1.82) is 0 Å². The fourth-order valence-corrected chi connectivity index (χ4v) is 1.68. The number of unbranched alkanes of at least 4 members (excludes halogenated alkanes) is 1. The lowest BCUT2D eigenvalue weighted by molar-refractivity contribution is 0.133. The first kappa shape index (κ1) is 16.0. The quantitative estimate of drug-likeness (QED) is 0.658. The molecule has 1 aromatic rings. The highest BCUT2D eigenvalue weighted by Crippen LogP contribution is 2.13. The van der Waals surface area contributed by atoms with Gasteiger partial charge in [0, 0.05) is 19.7 Å². The summed E-state index contributed by atoms with van der Waals surface area (Å²) in [6.45, 7) is 9.68. The molecule has 108 valence electrons. The van der Waals surface area contributed by atoms with Gasteiger partial charge in [0.2, 0.25) is 0 Å². The molecule has 0 heterocycles. The van der Waals surface area contributed by atoms with Gasteiger partial charge in [0.1, 0.15) is 5.75 Å². The Morgan fingerprint density at radius 2 is 1.84 bits per heavy atom. The van der Waals surface area contributed by atoms with E-state index in [4.69, 9.17) is 9.47 Å². The van der Waals surface area contributed by atoms with Crippen LogP contribution in [-0.4, -0.2) is 25.9 Å². The van der Waals surface area contributed by atoms with Crippen molar-refractivity contribution in [3.05, 3.63) is 29.8 Å². The lowest BCUT2D eigenvalue weighted by Gasteiger charge is -2.10. The molecular formula is C16H27NO2. The molecule has 0 radical (unpaired) electrons. The van der Waals surface area contributed by atoms with Crippen LogP contribution in [-0.2, 0) is 11.3 Å². The Bertz CT molecular complexity index is 322. The lowest BCUT2D eigenvalue weighted by Crippen LogP contribution is -2.19. The third kappa shape index (κ3) is 7.85. The first-order chi connectivity index (χ1) is 9.22. The number of hydrogen-bond acceptors (Lipinski definition) is 3. The van der Waals surface area contributed by atoms with E-state index in [-0.39, 0.29) is 6.10 Å². The van der Waals surface area contributed by atoms with Crippen molar-refractivity contribution in [1.82, 2.24) is 5.32 Å². The molecule has 0 amide bonds.